The van der Waals surface area contributed by atoms with E-state index in [-0.39, 0.29) is 6.04 Å². The molecule has 3 atom stereocenters. The SMILES string of the molecule is CCCCCCCCCCCCC[C@H](O)C[C@@H](O)[C@H](C)N. The molecule has 0 saturated heterocycles. The molecule has 0 aliphatic rings. The molecule has 0 fully saturated rings. The molecule has 0 rings (SSSR count). The van der Waals surface area contributed by atoms with Crippen LogP contribution < -0.4 is 5.73 Å². The maximum atomic E-state index is 9.80. The second-order valence-electron chi connectivity index (χ2n) is 6.64. The van der Waals surface area contributed by atoms with E-state index in [0.717, 1.165) is 12.8 Å². The molecule has 0 bridgehead atoms. The Morgan fingerprint density at radius 2 is 1.19 bits per heavy atom. The molecule has 0 heterocycles. The van der Waals surface area contributed by atoms with Gasteiger partial charge in [-0.25, -0.2) is 0 Å². The smallest absolute Gasteiger partial charge is 0.0712 e. The second-order valence-corrected chi connectivity index (χ2v) is 6.64. The molecule has 0 aliphatic carbocycles. The topological polar surface area (TPSA) is 66.5 Å². The lowest BCUT2D eigenvalue weighted by molar-refractivity contribution is 0.0629. The van der Waals surface area contributed by atoms with Crippen molar-refractivity contribution in [2.24, 2.45) is 5.73 Å². The monoisotopic (exact) mass is 301 g/mol. The van der Waals surface area contributed by atoms with Gasteiger partial charge in [-0.05, 0) is 13.3 Å². The summed E-state index contributed by atoms with van der Waals surface area (Å²) in [5, 5.41) is 19.4. The highest BCUT2D eigenvalue weighted by Crippen LogP contribution is 2.14. The van der Waals surface area contributed by atoms with Crippen LogP contribution in [-0.2, 0) is 0 Å². The van der Waals surface area contributed by atoms with Crippen molar-refractivity contribution in [3.63, 3.8) is 0 Å². The summed E-state index contributed by atoms with van der Waals surface area (Å²) >= 11 is 0. The van der Waals surface area contributed by atoms with Crippen LogP contribution in [0.25, 0.3) is 0 Å². The Morgan fingerprint density at radius 1 is 0.762 bits per heavy atom. The van der Waals surface area contributed by atoms with Gasteiger partial charge in [0.25, 0.3) is 0 Å². The largest absolute Gasteiger partial charge is 0.393 e. The Labute approximate surface area is 132 Å². The van der Waals surface area contributed by atoms with Crippen LogP contribution in [0.15, 0.2) is 0 Å². The zero-order chi connectivity index (χ0) is 15.9. The molecular weight excluding hydrogens is 262 g/mol. The van der Waals surface area contributed by atoms with E-state index in [1.807, 2.05) is 0 Å². The molecule has 4 N–H and O–H groups in total. The summed E-state index contributed by atoms with van der Waals surface area (Å²) in [7, 11) is 0. The molecule has 0 aromatic heterocycles. The summed E-state index contributed by atoms with van der Waals surface area (Å²) in [6.45, 7) is 4.04. The number of aliphatic hydroxyl groups excluding tert-OH is 2. The Kier molecular flexibility index (Phi) is 14.7. The number of hydrogen-bond acceptors (Lipinski definition) is 3. The van der Waals surface area contributed by atoms with Crippen molar-refractivity contribution in [2.45, 2.75) is 116 Å². The Morgan fingerprint density at radius 3 is 1.62 bits per heavy atom. The Hall–Kier alpha value is -0.120. The maximum absolute atomic E-state index is 9.80. The van der Waals surface area contributed by atoms with Gasteiger partial charge in [0.2, 0.25) is 0 Å². The van der Waals surface area contributed by atoms with Crippen LogP contribution in [-0.4, -0.2) is 28.5 Å². The van der Waals surface area contributed by atoms with E-state index in [9.17, 15) is 10.2 Å². The van der Waals surface area contributed by atoms with Crippen LogP contribution in [0.3, 0.4) is 0 Å². The summed E-state index contributed by atoms with van der Waals surface area (Å²) in [5.41, 5.74) is 5.58. The first kappa shape index (κ1) is 20.9. The summed E-state index contributed by atoms with van der Waals surface area (Å²) in [5.74, 6) is 0. The normalized spacial score (nSPS) is 15.9. The fourth-order valence-corrected chi connectivity index (χ4v) is 2.66. The van der Waals surface area contributed by atoms with Crippen LogP contribution in [0.4, 0.5) is 0 Å². The van der Waals surface area contributed by atoms with Crippen LogP contribution in [0, 0.1) is 0 Å². The molecule has 21 heavy (non-hydrogen) atoms. The van der Waals surface area contributed by atoms with Gasteiger partial charge in [0.05, 0.1) is 12.2 Å². The van der Waals surface area contributed by atoms with E-state index in [1.54, 1.807) is 6.92 Å². The first-order chi connectivity index (χ1) is 10.1. The Bertz CT molecular complexity index is 209. The van der Waals surface area contributed by atoms with Gasteiger partial charge in [-0.2, -0.15) is 0 Å². The van der Waals surface area contributed by atoms with E-state index in [2.05, 4.69) is 6.92 Å². The van der Waals surface area contributed by atoms with Crippen molar-refractivity contribution >= 4 is 0 Å². The highest BCUT2D eigenvalue weighted by Gasteiger charge is 2.14. The third-order valence-electron chi connectivity index (χ3n) is 4.26. The number of rotatable bonds is 15. The lowest BCUT2D eigenvalue weighted by Gasteiger charge is -2.18. The van der Waals surface area contributed by atoms with Crippen LogP contribution in [0.2, 0.25) is 0 Å². The van der Waals surface area contributed by atoms with Crippen LogP contribution in [0.5, 0.6) is 0 Å². The molecule has 0 aliphatic heterocycles. The van der Waals surface area contributed by atoms with Gasteiger partial charge in [0.15, 0.2) is 0 Å². The molecule has 128 valence electrons. The predicted octanol–water partition coefficient (Wildman–Crippen LogP) is 4.15. The molecule has 0 aromatic carbocycles. The van der Waals surface area contributed by atoms with Gasteiger partial charge in [0, 0.05) is 12.5 Å². The van der Waals surface area contributed by atoms with Gasteiger partial charge in [-0.1, -0.05) is 77.6 Å². The van der Waals surface area contributed by atoms with Crippen molar-refractivity contribution < 1.29 is 10.2 Å². The number of aliphatic hydroxyl groups is 2. The zero-order valence-corrected chi connectivity index (χ0v) is 14.4. The average Bonchev–Trinajstić information content (AvgIpc) is 2.44. The third kappa shape index (κ3) is 14.6. The van der Waals surface area contributed by atoms with Crippen LogP contribution in [0.1, 0.15) is 97.3 Å². The lowest BCUT2D eigenvalue weighted by Crippen LogP contribution is -2.34. The molecule has 0 unspecified atom stereocenters. The predicted molar refractivity (Wildman–Crippen MR) is 91.4 cm³/mol. The highest BCUT2D eigenvalue weighted by atomic mass is 16.3. The van der Waals surface area contributed by atoms with Gasteiger partial charge in [-0.15, -0.1) is 0 Å². The standard InChI is InChI=1S/C18H39NO2/c1-3-4-5-6-7-8-9-10-11-12-13-14-17(20)15-18(21)16(2)19/h16-18,20-21H,3-15,19H2,1-2H3/t16-,17-,18+/m0/s1. The molecule has 0 spiro atoms. The molecule has 0 saturated carbocycles. The maximum Gasteiger partial charge on any atom is 0.0712 e. The van der Waals surface area contributed by atoms with Gasteiger partial charge < -0.3 is 15.9 Å². The third-order valence-corrected chi connectivity index (χ3v) is 4.26. The second kappa shape index (κ2) is 14.8. The lowest BCUT2D eigenvalue weighted by atomic mass is 10.0. The van der Waals surface area contributed by atoms with Gasteiger partial charge in [0.1, 0.15) is 0 Å². The number of nitrogens with two attached hydrogens (primary N) is 1. The summed E-state index contributed by atoms with van der Waals surface area (Å²) in [6.07, 6.45) is 14.7. The van der Waals surface area contributed by atoms with E-state index < -0.39 is 12.2 Å². The van der Waals surface area contributed by atoms with Gasteiger partial charge >= 0.3 is 0 Å². The molecule has 0 aromatic rings. The molecular formula is C18H39NO2. The minimum atomic E-state index is -0.576. The molecule has 0 amide bonds. The minimum Gasteiger partial charge on any atom is -0.393 e. The van der Waals surface area contributed by atoms with Crippen molar-refractivity contribution in [2.75, 3.05) is 0 Å². The van der Waals surface area contributed by atoms with E-state index in [4.69, 9.17) is 5.73 Å². The minimum absolute atomic E-state index is 0.253. The summed E-state index contributed by atoms with van der Waals surface area (Å²) in [6, 6.07) is -0.253. The number of hydrogen-bond donors (Lipinski definition) is 3. The first-order valence-corrected chi connectivity index (χ1v) is 9.19. The van der Waals surface area contributed by atoms with Crippen molar-refractivity contribution in [3.05, 3.63) is 0 Å². The molecule has 3 heteroatoms. The first-order valence-electron chi connectivity index (χ1n) is 9.19. The molecule has 3 nitrogen and oxygen atoms in total. The van der Waals surface area contributed by atoms with E-state index >= 15 is 0 Å². The van der Waals surface area contributed by atoms with E-state index in [0.29, 0.717) is 6.42 Å². The average molecular weight is 302 g/mol. The zero-order valence-electron chi connectivity index (χ0n) is 14.4. The van der Waals surface area contributed by atoms with Crippen molar-refractivity contribution in [3.8, 4) is 0 Å². The Balaban J connectivity index is 3.21. The molecule has 0 radical (unpaired) electrons. The van der Waals surface area contributed by atoms with E-state index in [1.165, 1.54) is 64.2 Å². The summed E-state index contributed by atoms with van der Waals surface area (Å²) in [4.78, 5) is 0. The fraction of sp³-hybridized carbons (Fsp3) is 1.00. The fourth-order valence-electron chi connectivity index (χ4n) is 2.66. The van der Waals surface area contributed by atoms with Crippen molar-refractivity contribution in [1.29, 1.82) is 0 Å². The van der Waals surface area contributed by atoms with Crippen LogP contribution >= 0.6 is 0 Å². The van der Waals surface area contributed by atoms with Gasteiger partial charge in [-0.3, -0.25) is 0 Å². The quantitative estimate of drug-likeness (QED) is 0.398. The van der Waals surface area contributed by atoms with Crippen molar-refractivity contribution in [1.82, 2.24) is 0 Å². The number of unbranched alkanes of at least 4 members (excludes halogenated alkanes) is 10. The highest BCUT2D eigenvalue weighted by molar-refractivity contribution is 4.70. The summed E-state index contributed by atoms with van der Waals surface area (Å²) < 4.78 is 0.